The number of carbonyl (C=O) groups is 1. The summed E-state index contributed by atoms with van der Waals surface area (Å²) in [5.41, 5.74) is 4.31. The van der Waals surface area contributed by atoms with E-state index in [2.05, 4.69) is 11.6 Å². The summed E-state index contributed by atoms with van der Waals surface area (Å²) in [5.74, 6) is -0.172. The first-order valence-electron chi connectivity index (χ1n) is 7.52. The number of hydrogen-bond donors (Lipinski definition) is 1. The Morgan fingerprint density at radius 1 is 1.29 bits per heavy atom. The number of fused-ring (bicyclic) bond motifs is 1. The zero-order valence-electron chi connectivity index (χ0n) is 13.5. The van der Waals surface area contributed by atoms with Crippen LogP contribution in [0.3, 0.4) is 0 Å². The number of halogens is 1. The Balaban J connectivity index is 2.17. The third-order valence-corrected chi connectivity index (χ3v) is 4.50. The lowest BCUT2D eigenvalue weighted by atomic mass is 10.0. The van der Waals surface area contributed by atoms with Crippen LogP contribution >= 0.6 is 11.6 Å². The molecule has 0 aliphatic carbocycles. The molecule has 0 aliphatic rings. The Labute approximate surface area is 145 Å². The van der Waals surface area contributed by atoms with Crippen molar-refractivity contribution in [1.82, 2.24) is 9.55 Å². The van der Waals surface area contributed by atoms with E-state index in [1.54, 1.807) is 0 Å². The number of aromatic nitrogens is 2. The number of carboxylic acids is 1. The van der Waals surface area contributed by atoms with Gasteiger partial charge in [0, 0.05) is 5.02 Å². The van der Waals surface area contributed by atoms with Gasteiger partial charge in [-0.2, -0.15) is 0 Å². The molecular formula is C19H17ClN2O2. The summed E-state index contributed by atoms with van der Waals surface area (Å²) in [6.45, 7) is 8.09. The van der Waals surface area contributed by atoms with Gasteiger partial charge >= 0.3 is 5.97 Å². The van der Waals surface area contributed by atoms with Crippen LogP contribution in [0.4, 0.5) is 0 Å². The van der Waals surface area contributed by atoms with Crippen LogP contribution < -0.4 is 0 Å². The van der Waals surface area contributed by atoms with Crippen LogP contribution in [0.25, 0.3) is 16.6 Å². The molecule has 24 heavy (non-hydrogen) atoms. The number of benzene rings is 2. The molecule has 3 aromatic rings. The van der Waals surface area contributed by atoms with Gasteiger partial charge in [0.05, 0.1) is 23.2 Å². The SMILES string of the molecule is C=C(C(=O)O)c1cc(C)c2nc(C)n(Cc3ccccc3Cl)c2c1. The van der Waals surface area contributed by atoms with Gasteiger partial charge in [-0.05, 0) is 48.7 Å². The zero-order valence-corrected chi connectivity index (χ0v) is 14.3. The summed E-state index contributed by atoms with van der Waals surface area (Å²) in [5, 5.41) is 9.90. The Hall–Kier alpha value is -2.59. The van der Waals surface area contributed by atoms with Gasteiger partial charge in [-0.1, -0.05) is 36.4 Å². The topological polar surface area (TPSA) is 55.1 Å². The number of carboxylic acid groups (broad SMARTS) is 1. The fourth-order valence-corrected chi connectivity index (χ4v) is 3.00. The summed E-state index contributed by atoms with van der Waals surface area (Å²) in [6, 6.07) is 11.3. The molecule has 1 heterocycles. The average Bonchev–Trinajstić information content (AvgIpc) is 2.85. The first-order chi connectivity index (χ1) is 11.4. The smallest absolute Gasteiger partial charge is 0.335 e. The van der Waals surface area contributed by atoms with Gasteiger partial charge in [0.2, 0.25) is 0 Å². The molecule has 0 radical (unpaired) electrons. The van der Waals surface area contributed by atoms with Crippen molar-refractivity contribution in [3.63, 3.8) is 0 Å². The monoisotopic (exact) mass is 340 g/mol. The molecule has 0 unspecified atom stereocenters. The maximum atomic E-state index is 11.2. The minimum atomic E-state index is -1.03. The molecule has 0 fully saturated rings. The lowest BCUT2D eigenvalue weighted by molar-refractivity contribution is -0.130. The molecule has 2 aromatic carbocycles. The highest BCUT2D eigenvalue weighted by Crippen LogP contribution is 2.27. The summed E-state index contributed by atoms with van der Waals surface area (Å²) in [4.78, 5) is 15.9. The minimum Gasteiger partial charge on any atom is -0.478 e. The van der Waals surface area contributed by atoms with Crippen molar-refractivity contribution in [2.75, 3.05) is 0 Å². The summed E-state index contributed by atoms with van der Waals surface area (Å²) >= 11 is 6.27. The van der Waals surface area contributed by atoms with Gasteiger partial charge in [-0.15, -0.1) is 0 Å². The van der Waals surface area contributed by atoms with E-state index in [1.807, 2.05) is 54.8 Å². The quantitative estimate of drug-likeness (QED) is 0.714. The van der Waals surface area contributed by atoms with Crippen LogP contribution in [0, 0.1) is 13.8 Å². The lowest BCUT2D eigenvalue weighted by Crippen LogP contribution is -2.03. The van der Waals surface area contributed by atoms with Gasteiger partial charge in [-0.25, -0.2) is 9.78 Å². The van der Waals surface area contributed by atoms with Gasteiger partial charge in [0.1, 0.15) is 5.82 Å². The molecule has 1 aromatic heterocycles. The Kier molecular flexibility index (Phi) is 4.16. The molecule has 0 spiro atoms. The van der Waals surface area contributed by atoms with Gasteiger partial charge in [-0.3, -0.25) is 0 Å². The Morgan fingerprint density at radius 2 is 2.00 bits per heavy atom. The molecule has 5 heteroatoms. The highest BCUT2D eigenvalue weighted by atomic mass is 35.5. The average molecular weight is 341 g/mol. The maximum Gasteiger partial charge on any atom is 0.335 e. The number of aliphatic carboxylic acids is 1. The summed E-state index contributed by atoms with van der Waals surface area (Å²) in [7, 11) is 0. The van der Waals surface area contributed by atoms with Crippen molar-refractivity contribution in [1.29, 1.82) is 0 Å². The molecule has 1 N–H and O–H groups in total. The predicted molar refractivity (Wildman–Crippen MR) is 96.4 cm³/mol. The van der Waals surface area contributed by atoms with Gasteiger partial charge < -0.3 is 9.67 Å². The largest absolute Gasteiger partial charge is 0.478 e. The van der Waals surface area contributed by atoms with Crippen molar-refractivity contribution in [2.24, 2.45) is 0 Å². The van der Waals surface area contributed by atoms with E-state index in [1.165, 1.54) is 0 Å². The number of aryl methyl sites for hydroxylation is 2. The number of nitrogens with zero attached hydrogens (tertiary/aromatic N) is 2. The molecule has 0 aliphatic heterocycles. The van der Waals surface area contributed by atoms with Crippen molar-refractivity contribution < 1.29 is 9.90 Å². The third-order valence-electron chi connectivity index (χ3n) is 4.13. The summed E-state index contributed by atoms with van der Waals surface area (Å²) in [6.07, 6.45) is 0. The van der Waals surface area contributed by atoms with E-state index >= 15 is 0 Å². The van der Waals surface area contributed by atoms with Gasteiger partial charge in [0.15, 0.2) is 0 Å². The van der Waals surface area contributed by atoms with Crippen LogP contribution in [0.15, 0.2) is 43.0 Å². The van der Waals surface area contributed by atoms with E-state index in [4.69, 9.17) is 11.6 Å². The normalized spacial score (nSPS) is 11.0. The van der Waals surface area contributed by atoms with E-state index in [0.29, 0.717) is 17.1 Å². The van der Waals surface area contributed by atoms with Crippen LogP contribution in [-0.4, -0.2) is 20.6 Å². The van der Waals surface area contributed by atoms with Crippen molar-refractivity contribution in [3.8, 4) is 0 Å². The second kappa shape index (κ2) is 6.13. The first kappa shape index (κ1) is 16.3. The number of rotatable bonds is 4. The molecule has 0 bridgehead atoms. The fourth-order valence-electron chi connectivity index (χ4n) is 2.80. The molecular weight excluding hydrogens is 324 g/mol. The standard InChI is InChI=1S/C19H17ClN2O2/c1-11-8-15(12(2)19(23)24)9-17-18(11)21-13(3)22(17)10-14-6-4-5-7-16(14)20/h4-9H,2,10H2,1,3H3,(H,23,24). The van der Waals surface area contributed by atoms with E-state index < -0.39 is 5.97 Å². The van der Waals surface area contributed by atoms with Gasteiger partial charge in [0.25, 0.3) is 0 Å². The molecule has 4 nitrogen and oxygen atoms in total. The number of hydrogen-bond acceptors (Lipinski definition) is 2. The highest BCUT2D eigenvalue weighted by molar-refractivity contribution is 6.31. The molecule has 122 valence electrons. The third kappa shape index (κ3) is 2.81. The Morgan fingerprint density at radius 3 is 2.67 bits per heavy atom. The Bertz CT molecular complexity index is 973. The predicted octanol–water partition coefficient (Wildman–Crippen LogP) is 4.45. The van der Waals surface area contributed by atoms with E-state index in [0.717, 1.165) is 28.0 Å². The second-order valence-electron chi connectivity index (χ2n) is 5.78. The van der Waals surface area contributed by atoms with E-state index in [9.17, 15) is 9.90 Å². The van der Waals surface area contributed by atoms with Crippen LogP contribution in [0.1, 0.15) is 22.5 Å². The van der Waals surface area contributed by atoms with Crippen molar-refractivity contribution in [3.05, 3.63) is 70.5 Å². The first-order valence-corrected chi connectivity index (χ1v) is 7.89. The minimum absolute atomic E-state index is 0.0724. The maximum absolute atomic E-state index is 11.2. The molecule has 0 saturated heterocycles. The molecule has 0 saturated carbocycles. The van der Waals surface area contributed by atoms with E-state index in [-0.39, 0.29) is 5.57 Å². The number of imidazole rings is 1. The fraction of sp³-hybridized carbons (Fsp3) is 0.158. The van der Waals surface area contributed by atoms with Crippen LogP contribution in [-0.2, 0) is 11.3 Å². The highest BCUT2D eigenvalue weighted by Gasteiger charge is 2.15. The van der Waals surface area contributed by atoms with Crippen molar-refractivity contribution >= 4 is 34.2 Å². The zero-order chi connectivity index (χ0) is 17.4. The van der Waals surface area contributed by atoms with Crippen molar-refractivity contribution in [2.45, 2.75) is 20.4 Å². The second-order valence-corrected chi connectivity index (χ2v) is 6.19. The summed E-state index contributed by atoms with van der Waals surface area (Å²) < 4.78 is 2.04. The lowest BCUT2D eigenvalue weighted by Gasteiger charge is -2.10. The molecule has 0 atom stereocenters. The molecule has 3 rings (SSSR count). The van der Waals surface area contributed by atoms with Crippen LogP contribution in [0.5, 0.6) is 0 Å². The van der Waals surface area contributed by atoms with Crippen LogP contribution in [0.2, 0.25) is 5.02 Å². The molecule has 0 amide bonds.